The van der Waals surface area contributed by atoms with Gasteiger partial charge in [-0.3, -0.25) is 9.59 Å². The Morgan fingerprint density at radius 3 is 2.70 bits per heavy atom. The first-order valence-electron chi connectivity index (χ1n) is 7.57. The van der Waals surface area contributed by atoms with E-state index in [-0.39, 0.29) is 24.1 Å². The monoisotopic (exact) mass is 312 g/mol. The Bertz CT molecular complexity index is 760. The molecule has 1 atom stereocenters. The van der Waals surface area contributed by atoms with Gasteiger partial charge in [-0.15, -0.1) is 0 Å². The molecule has 0 bridgehead atoms. The molecule has 3 rings (SSSR count). The highest BCUT2D eigenvalue weighted by molar-refractivity contribution is 6.23. The van der Waals surface area contributed by atoms with Crippen molar-refractivity contribution in [3.05, 3.63) is 59.9 Å². The lowest BCUT2D eigenvalue weighted by Crippen LogP contribution is -2.35. The van der Waals surface area contributed by atoms with E-state index in [0.29, 0.717) is 11.4 Å². The van der Waals surface area contributed by atoms with Crippen LogP contribution in [0.15, 0.2) is 48.5 Å². The van der Waals surface area contributed by atoms with E-state index in [1.54, 1.807) is 18.2 Å². The number of nitrogens with zero attached hydrogens (tertiary/aromatic N) is 1. The lowest BCUT2D eigenvalue weighted by Gasteiger charge is -2.18. The Morgan fingerprint density at radius 1 is 1.17 bits per heavy atom. The zero-order valence-electron chi connectivity index (χ0n) is 12.8. The molecule has 4 nitrogen and oxygen atoms in total. The first kappa shape index (κ1) is 15.2. The Morgan fingerprint density at radius 2 is 1.96 bits per heavy atom. The van der Waals surface area contributed by atoms with E-state index in [9.17, 15) is 14.0 Å². The maximum Gasteiger partial charge on any atom is 0.256 e. The van der Waals surface area contributed by atoms with Gasteiger partial charge < -0.3 is 5.32 Å². The number of nitrogens with one attached hydrogen (secondary N) is 1. The third kappa shape index (κ3) is 2.95. The standard InChI is InChI=1S/C18H17FN2O2/c1-2-12-6-3-4-9-16(12)21-17(22)11-15(18(21)23)20-14-8-5-7-13(19)10-14/h3-10,15,20H,2,11H2,1H3. The maximum atomic E-state index is 13.3. The Hall–Kier alpha value is -2.69. The van der Waals surface area contributed by atoms with Crippen LogP contribution in [0.1, 0.15) is 18.9 Å². The summed E-state index contributed by atoms with van der Waals surface area (Å²) in [5, 5.41) is 2.95. The number of hydrogen-bond donors (Lipinski definition) is 1. The third-order valence-electron chi connectivity index (χ3n) is 3.93. The van der Waals surface area contributed by atoms with Gasteiger partial charge in [-0.05, 0) is 36.2 Å². The van der Waals surface area contributed by atoms with Crippen LogP contribution >= 0.6 is 0 Å². The smallest absolute Gasteiger partial charge is 0.256 e. The summed E-state index contributed by atoms with van der Waals surface area (Å²) in [6.45, 7) is 1.98. The van der Waals surface area contributed by atoms with Crippen LogP contribution in [0.3, 0.4) is 0 Å². The van der Waals surface area contributed by atoms with Crippen LogP contribution in [-0.2, 0) is 16.0 Å². The lowest BCUT2D eigenvalue weighted by atomic mass is 10.1. The van der Waals surface area contributed by atoms with Crippen molar-refractivity contribution in [3.63, 3.8) is 0 Å². The van der Waals surface area contributed by atoms with Crippen molar-refractivity contribution in [2.45, 2.75) is 25.8 Å². The van der Waals surface area contributed by atoms with Crippen LogP contribution in [0.2, 0.25) is 0 Å². The van der Waals surface area contributed by atoms with Crippen molar-refractivity contribution in [2.75, 3.05) is 10.2 Å². The van der Waals surface area contributed by atoms with Crippen LogP contribution in [0, 0.1) is 5.82 Å². The van der Waals surface area contributed by atoms with Crippen molar-refractivity contribution in [2.24, 2.45) is 0 Å². The first-order valence-corrected chi connectivity index (χ1v) is 7.57. The topological polar surface area (TPSA) is 49.4 Å². The molecule has 1 fully saturated rings. The van der Waals surface area contributed by atoms with Crippen molar-refractivity contribution in [1.29, 1.82) is 0 Å². The number of para-hydroxylation sites is 1. The van der Waals surface area contributed by atoms with E-state index in [0.717, 1.165) is 12.0 Å². The van der Waals surface area contributed by atoms with Crippen molar-refractivity contribution in [3.8, 4) is 0 Å². The van der Waals surface area contributed by atoms with Crippen molar-refractivity contribution in [1.82, 2.24) is 0 Å². The molecule has 2 aromatic rings. The van der Waals surface area contributed by atoms with E-state index in [1.807, 2.05) is 25.1 Å². The molecule has 0 spiro atoms. The summed E-state index contributed by atoms with van der Waals surface area (Å²) in [4.78, 5) is 26.2. The molecule has 1 saturated heterocycles. The molecule has 1 unspecified atom stereocenters. The molecule has 23 heavy (non-hydrogen) atoms. The van der Waals surface area contributed by atoms with E-state index in [2.05, 4.69) is 5.32 Å². The number of benzene rings is 2. The predicted molar refractivity (Wildman–Crippen MR) is 86.7 cm³/mol. The number of aryl methyl sites for hydroxylation is 1. The second-order valence-electron chi connectivity index (χ2n) is 5.46. The molecule has 0 saturated carbocycles. The lowest BCUT2D eigenvalue weighted by molar-refractivity contribution is -0.121. The zero-order valence-corrected chi connectivity index (χ0v) is 12.8. The fraction of sp³-hybridized carbons (Fsp3) is 0.222. The zero-order chi connectivity index (χ0) is 16.4. The fourth-order valence-corrected chi connectivity index (χ4v) is 2.81. The highest BCUT2D eigenvalue weighted by atomic mass is 19.1. The van der Waals surface area contributed by atoms with Crippen LogP contribution in [0.4, 0.5) is 15.8 Å². The van der Waals surface area contributed by atoms with Gasteiger partial charge in [0.25, 0.3) is 5.91 Å². The molecule has 2 aromatic carbocycles. The van der Waals surface area contributed by atoms with Gasteiger partial charge >= 0.3 is 0 Å². The van der Waals surface area contributed by atoms with Crippen molar-refractivity contribution >= 4 is 23.2 Å². The SMILES string of the molecule is CCc1ccccc1N1C(=O)CC(Nc2cccc(F)c2)C1=O. The van der Waals surface area contributed by atoms with Gasteiger partial charge in [0.05, 0.1) is 12.1 Å². The highest BCUT2D eigenvalue weighted by Crippen LogP contribution is 2.28. The molecule has 1 N–H and O–H groups in total. The molecular weight excluding hydrogens is 295 g/mol. The number of rotatable bonds is 4. The van der Waals surface area contributed by atoms with Gasteiger partial charge in [0.1, 0.15) is 11.9 Å². The van der Waals surface area contributed by atoms with Crippen LogP contribution in [-0.4, -0.2) is 17.9 Å². The van der Waals surface area contributed by atoms with E-state index in [4.69, 9.17) is 0 Å². The van der Waals surface area contributed by atoms with Gasteiger partial charge in [-0.25, -0.2) is 9.29 Å². The van der Waals surface area contributed by atoms with Crippen LogP contribution in [0.25, 0.3) is 0 Å². The first-order chi connectivity index (χ1) is 11.1. The Kier molecular flexibility index (Phi) is 4.10. The quantitative estimate of drug-likeness (QED) is 0.882. The number of carbonyl (C=O) groups excluding carboxylic acids is 2. The number of carbonyl (C=O) groups is 2. The summed E-state index contributed by atoms with van der Waals surface area (Å²) >= 11 is 0. The number of hydrogen-bond acceptors (Lipinski definition) is 3. The predicted octanol–water partition coefficient (Wildman–Crippen LogP) is 3.13. The van der Waals surface area contributed by atoms with Gasteiger partial charge in [-0.2, -0.15) is 0 Å². The van der Waals surface area contributed by atoms with E-state index >= 15 is 0 Å². The average molecular weight is 312 g/mol. The summed E-state index contributed by atoms with van der Waals surface area (Å²) in [7, 11) is 0. The minimum atomic E-state index is -0.672. The highest BCUT2D eigenvalue weighted by Gasteiger charge is 2.40. The third-order valence-corrected chi connectivity index (χ3v) is 3.93. The molecule has 1 aliphatic rings. The van der Waals surface area contributed by atoms with Crippen LogP contribution < -0.4 is 10.2 Å². The molecule has 2 amide bonds. The average Bonchev–Trinajstić information content (AvgIpc) is 2.81. The summed E-state index contributed by atoms with van der Waals surface area (Å²) in [6.07, 6.45) is 0.794. The number of amides is 2. The summed E-state index contributed by atoms with van der Waals surface area (Å²) in [5.41, 5.74) is 2.07. The summed E-state index contributed by atoms with van der Waals surface area (Å²) in [5.74, 6) is -0.940. The van der Waals surface area contributed by atoms with Gasteiger partial charge in [0, 0.05) is 5.69 Å². The molecule has 118 valence electrons. The molecule has 0 aromatic heterocycles. The number of imide groups is 1. The molecule has 0 aliphatic carbocycles. The Labute approximate surface area is 133 Å². The molecule has 5 heteroatoms. The van der Waals surface area contributed by atoms with Gasteiger partial charge in [0.15, 0.2) is 0 Å². The van der Waals surface area contributed by atoms with Crippen molar-refractivity contribution < 1.29 is 14.0 Å². The summed E-state index contributed by atoms with van der Waals surface area (Å²) < 4.78 is 13.3. The minimum absolute atomic E-state index is 0.0629. The second kappa shape index (κ2) is 6.20. The molecular formula is C18H17FN2O2. The number of halogens is 1. The normalized spacial score (nSPS) is 17.7. The van der Waals surface area contributed by atoms with Gasteiger partial charge in [0.2, 0.25) is 5.91 Å². The largest absolute Gasteiger partial charge is 0.373 e. The molecule has 1 aliphatic heterocycles. The summed E-state index contributed by atoms with van der Waals surface area (Å²) in [6, 6.07) is 12.6. The van der Waals surface area contributed by atoms with E-state index in [1.165, 1.54) is 17.0 Å². The fourth-order valence-electron chi connectivity index (χ4n) is 2.81. The Balaban J connectivity index is 1.85. The molecule has 0 radical (unpaired) electrons. The molecule has 1 heterocycles. The minimum Gasteiger partial charge on any atom is -0.373 e. The maximum absolute atomic E-state index is 13.3. The second-order valence-corrected chi connectivity index (χ2v) is 5.46. The van der Waals surface area contributed by atoms with Crippen LogP contribution in [0.5, 0.6) is 0 Å². The van der Waals surface area contributed by atoms with Gasteiger partial charge in [-0.1, -0.05) is 31.2 Å². The number of anilines is 2. The van der Waals surface area contributed by atoms with E-state index < -0.39 is 6.04 Å².